The van der Waals surface area contributed by atoms with E-state index in [1.807, 2.05) is 0 Å². The van der Waals surface area contributed by atoms with Gasteiger partial charge in [0.2, 0.25) is 11.8 Å². The van der Waals surface area contributed by atoms with E-state index in [9.17, 15) is 24.9 Å². The molecule has 0 aliphatic rings. The monoisotopic (exact) mass is 280 g/mol. The average Bonchev–Trinajstić information content (AvgIpc) is 2.34. The van der Waals surface area contributed by atoms with Crippen LogP contribution in [-0.4, -0.2) is 79.9 Å². The fourth-order valence-electron chi connectivity index (χ4n) is 1.30. The molecule has 0 aliphatic heterocycles. The van der Waals surface area contributed by atoms with E-state index in [1.54, 1.807) is 0 Å². The first-order valence-electron chi connectivity index (χ1n) is 5.59. The van der Waals surface area contributed by atoms with E-state index in [1.165, 1.54) is 0 Å². The van der Waals surface area contributed by atoms with Crippen LogP contribution in [0, 0.1) is 0 Å². The highest BCUT2D eigenvalue weighted by atomic mass is 16.4. The minimum Gasteiger partial charge on any atom is -0.394 e. The largest absolute Gasteiger partial charge is 0.394 e. The lowest BCUT2D eigenvalue weighted by Crippen LogP contribution is -2.54. The number of carbonyl (C=O) groups is 2. The molecule has 9 heteroatoms. The molecule has 0 aromatic rings. The summed E-state index contributed by atoms with van der Waals surface area (Å²) in [6.45, 7) is 1.01. The molecule has 0 unspecified atom stereocenters. The second-order valence-corrected chi connectivity index (χ2v) is 4.10. The molecule has 9 nitrogen and oxygen atoms in total. The van der Waals surface area contributed by atoms with Crippen LogP contribution in [0.25, 0.3) is 0 Å². The molecule has 0 bridgehead atoms. The van der Waals surface area contributed by atoms with E-state index in [-0.39, 0.29) is 0 Å². The maximum absolute atomic E-state index is 11.2. The van der Waals surface area contributed by atoms with Crippen LogP contribution in [0.3, 0.4) is 0 Å². The van der Waals surface area contributed by atoms with Gasteiger partial charge in [-0.25, -0.2) is 0 Å². The molecule has 0 aromatic carbocycles. The van der Waals surface area contributed by atoms with Crippen LogP contribution in [0.4, 0.5) is 0 Å². The predicted molar refractivity (Wildman–Crippen MR) is 62.3 cm³/mol. The first-order chi connectivity index (χ1) is 8.70. The number of carbonyl (C=O) groups excluding carboxylic acids is 2. The fourth-order valence-corrected chi connectivity index (χ4v) is 1.30. The minimum absolute atomic E-state index is 0.481. The van der Waals surface area contributed by atoms with Gasteiger partial charge in [-0.2, -0.15) is 0 Å². The molecule has 0 rings (SSSR count). The van der Waals surface area contributed by atoms with Crippen molar-refractivity contribution in [2.75, 3.05) is 13.2 Å². The maximum Gasteiger partial charge on any atom is 0.237 e. The third-order valence-electron chi connectivity index (χ3n) is 2.37. The van der Waals surface area contributed by atoms with Gasteiger partial charge in [0.05, 0.1) is 13.2 Å². The van der Waals surface area contributed by atoms with E-state index >= 15 is 0 Å². The number of aliphatic hydroxyl groups excluding tert-OH is 5. The van der Waals surface area contributed by atoms with Gasteiger partial charge < -0.3 is 25.5 Å². The topological polar surface area (TPSA) is 151 Å². The summed E-state index contributed by atoms with van der Waals surface area (Å²) in [5, 5.41) is 47.0. The van der Waals surface area contributed by atoms with Crippen molar-refractivity contribution in [2.45, 2.75) is 38.3 Å². The summed E-state index contributed by atoms with van der Waals surface area (Å²) in [7, 11) is 0. The zero-order valence-corrected chi connectivity index (χ0v) is 10.7. The molecule has 0 saturated carbocycles. The fraction of sp³-hybridized carbons (Fsp3) is 0.800. The van der Waals surface area contributed by atoms with Crippen LogP contribution in [-0.2, 0) is 9.59 Å². The summed E-state index contributed by atoms with van der Waals surface area (Å²) >= 11 is 0. The van der Waals surface area contributed by atoms with Crippen molar-refractivity contribution in [1.82, 2.24) is 10.4 Å². The summed E-state index contributed by atoms with van der Waals surface area (Å²) in [6, 6.07) is 0. The molecule has 0 spiro atoms. The van der Waals surface area contributed by atoms with Crippen molar-refractivity contribution in [1.29, 1.82) is 0 Å². The Labute approximate surface area is 110 Å². The van der Waals surface area contributed by atoms with Gasteiger partial charge >= 0.3 is 0 Å². The number of amides is 2. The van der Waals surface area contributed by atoms with Crippen molar-refractivity contribution < 1.29 is 35.1 Å². The van der Waals surface area contributed by atoms with Crippen LogP contribution < -0.4 is 5.43 Å². The molecule has 6 N–H and O–H groups in total. The molecule has 0 radical (unpaired) electrons. The van der Waals surface area contributed by atoms with Crippen LogP contribution in [0.2, 0.25) is 0 Å². The third-order valence-corrected chi connectivity index (χ3v) is 2.37. The molecule has 0 heterocycles. The Morgan fingerprint density at radius 1 is 1.05 bits per heavy atom. The SMILES string of the molecule is CC(=O)NN(C[C@@H](O)[C@@H](O)[C@H](O)[C@H](O)CO)C(C)=O. The summed E-state index contributed by atoms with van der Waals surface area (Å²) in [6.07, 6.45) is -6.83. The Morgan fingerprint density at radius 2 is 1.53 bits per heavy atom. The second kappa shape index (κ2) is 8.02. The normalized spacial score (nSPS) is 17.2. The minimum atomic E-state index is -1.79. The second-order valence-electron chi connectivity index (χ2n) is 4.10. The Kier molecular flexibility index (Phi) is 7.49. The van der Waals surface area contributed by atoms with E-state index in [4.69, 9.17) is 10.2 Å². The maximum atomic E-state index is 11.2. The van der Waals surface area contributed by atoms with Crippen molar-refractivity contribution in [3.63, 3.8) is 0 Å². The summed E-state index contributed by atoms with van der Waals surface area (Å²) in [5.74, 6) is -1.13. The van der Waals surface area contributed by atoms with Crippen LogP contribution in [0.1, 0.15) is 13.8 Å². The molecule has 0 fully saturated rings. The lowest BCUT2D eigenvalue weighted by molar-refractivity contribution is -0.147. The number of nitrogens with zero attached hydrogens (tertiary/aromatic N) is 1. The van der Waals surface area contributed by atoms with Crippen molar-refractivity contribution >= 4 is 11.8 Å². The molecule has 0 aromatic heterocycles. The molecule has 2 amide bonds. The van der Waals surface area contributed by atoms with Gasteiger partial charge in [-0.1, -0.05) is 0 Å². The molecule has 4 atom stereocenters. The summed E-state index contributed by atoms with van der Waals surface area (Å²) < 4.78 is 0. The van der Waals surface area contributed by atoms with E-state index in [0.717, 1.165) is 18.9 Å². The molecule has 0 saturated heterocycles. The number of rotatable bonds is 6. The van der Waals surface area contributed by atoms with E-state index in [0.29, 0.717) is 0 Å². The van der Waals surface area contributed by atoms with Crippen molar-refractivity contribution in [2.24, 2.45) is 0 Å². The van der Waals surface area contributed by atoms with Crippen LogP contribution in [0.5, 0.6) is 0 Å². The smallest absolute Gasteiger partial charge is 0.237 e. The molecule has 0 aliphatic carbocycles. The molecular formula is C10H20N2O7. The van der Waals surface area contributed by atoms with Gasteiger partial charge in [-0.05, 0) is 0 Å². The van der Waals surface area contributed by atoms with Gasteiger partial charge in [0, 0.05) is 13.8 Å². The van der Waals surface area contributed by atoms with Crippen molar-refractivity contribution in [3.8, 4) is 0 Å². The highest BCUT2D eigenvalue weighted by Gasteiger charge is 2.31. The zero-order valence-electron chi connectivity index (χ0n) is 10.7. The van der Waals surface area contributed by atoms with Gasteiger partial charge in [-0.3, -0.25) is 20.0 Å². The van der Waals surface area contributed by atoms with Crippen LogP contribution in [0.15, 0.2) is 0 Å². The number of hydrogen-bond donors (Lipinski definition) is 6. The standard InChI is InChI=1S/C10H20N2O7/c1-5(14)11-12(6(2)15)3-7(16)9(18)10(19)8(17)4-13/h7-10,13,16-19H,3-4H2,1-2H3,(H,11,14)/t7-,8-,9-,10-/m1/s1. The third kappa shape index (κ3) is 5.94. The highest BCUT2D eigenvalue weighted by Crippen LogP contribution is 2.06. The highest BCUT2D eigenvalue weighted by molar-refractivity contribution is 5.79. The predicted octanol–water partition coefficient (Wildman–Crippen LogP) is -3.68. The van der Waals surface area contributed by atoms with E-state index < -0.39 is 49.4 Å². The molecular weight excluding hydrogens is 260 g/mol. The lowest BCUT2D eigenvalue weighted by atomic mass is 10.0. The van der Waals surface area contributed by atoms with Crippen molar-refractivity contribution in [3.05, 3.63) is 0 Å². The Balaban J connectivity index is 4.58. The van der Waals surface area contributed by atoms with Gasteiger partial charge in [0.15, 0.2) is 0 Å². The number of hydrazine groups is 1. The molecule has 112 valence electrons. The van der Waals surface area contributed by atoms with Gasteiger partial charge in [-0.15, -0.1) is 0 Å². The van der Waals surface area contributed by atoms with E-state index in [2.05, 4.69) is 5.43 Å². The Morgan fingerprint density at radius 3 is 1.89 bits per heavy atom. The quantitative estimate of drug-likeness (QED) is 0.274. The number of aliphatic hydroxyl groups is 5. The number of nitrogens with one attached hydrogen (secondary N) is 1. The molecule has 19 heavy (non-hydrogen) atoms. The number of hydrogen-bond acceptors (Lipinski definition) is 7. The zero-order chi connectivity index (χ0) is 15.2. The van der Waals surface area contributed by atoms with Gasteiger partial charge in [0.1, 0.15) is 24.4 Å². The lowest BCUT2D eigenvalue weighted by Gasteiger charge is -2.29. The first kappa shape index (κ1) is 17.7. The van der Waals surface area contributed by atoms with Crippen LogP contribution >= 0.6 is 0 Å². The summed E-state index contributed by atoms with van der Waals surface area (Å²) in [4.78, 5) is 22.0. The Bertz CT molecular complexity index is 312. The average molecular weight is 280 g/mol. The summed E-state index contributed by atoms with van der Waals surface area (Å²) in [5.41, 5.74) is 2.13. The Hall–Kier alpha value is -1.26. The first-order valence-corrected chi connectivity index (χ1v) is 5.59. The van der Waals surface area contributed by atoms with Gasteiger partial charge in [0.25, 0.3) is 0 Å².